The summed E-state index contributed by atoms with van der Waals surface area (Å²) in [5.41, 5.74) is 2.63. The molecule has 102 valence electrons. The Balaban J connectivity index is 2.50. The molecule has 2 rings (SSSR count). The minimum Gasteiger partial charge on any atom is -0.308 e. The SMILES string of the molecule is CNC(c1cc(C)ccc1F)c1snnc1C(C)C. The van der Waals surface area contributed by atoms with Crippen LogP contribution in [-0.4, -0.2) is 16.6 Å². The van der Waals surface area contributed by atoms with E-state index in [2.05, 4.69) is 28.8 Å². The Morgan fingerprint density at radius 3 is 2.68 bits per heavy atom. The summed E-state index contributed by atoms with van der Waals surface area (Å²) in [6.07, 6.45) is 0. The number of hydrogen-bond donors (Lipinski definition) is 1. The van der Waals surface area contributed by atoms with Gasteiger partial charge in [-0.15, -0.1) is 5.10 Å². The summed E-state index contributed by atoms with van der Waals surface area (Å²) < 4.78 is 18.1. The molecule has 0 radical (unpaired) electrons. The number of aryl methyl sites for hydroxylation is 1. The number of aromatic nitrogens is 2. The molecule has 0 aliphatic heterocycles. The average molecular weight is 279 g/mol. The fourth-order valence-electron chi connectivity index (χ4n) is 2.12. The predicted octanol–water partition coefficient (Wildman–Crippen LogP) is 3.42. The highest BCUT2D eigenvalue weighted by molar-refractivity contribution is 7.05. The van der Waals surface area contributed by atoms with Gasteiger partial charge in [0.25, 0.3) is 0 Å². The van der Waals surface area contributed by atoms with Crippen LogP contribution in [0.15, 0.2) is 18.2 Å². The second-order valence-electron chi connectivity index (χ2n) is 4.92. The van der Waals surface area contributed by atoms with Crippen LogP contribution >= 0.6 is 11.5 Å². The monoisotopic (exact) mass is 279 g/mol. The third kappa shape index (κ3) is 2.82. The van der Waals surface area contributed by atoms with Gasteiger partial charge in [0.05, 0.1) is 16.6 Å². The van der Waals surface area contributed by atoms with E-state index in [4.69, 9.17) is 0 Å². The molecule has 1 N–H and O–H groups in total. The average Bonchev–Trinajstić information content (AvgIpc) is 2.84. The van der Waals surface area contributed by atoms with Gasteiger partial charge in [0, 0.05) is 5.56 Å². The lowest BCUT2D eigenvalue weighted by Gasteiger charge is -2.18. The van der Waals surface area contributed by atoms with Crippen molar-refractivity contribution in [2.24, 2.45) is 0 Å². The summed E-state index contributed by atoms with van der Waals surface area (Å²) in [5.74, 6) is 0.0746. The lowest BCUT2D eigenvalue weighted by Crippen LogP contribution is -2.19. The first-order chi connectivity index (χ1) is 9.04. The Labute approximate surface area is 117 Å². The van der Waals surface area contributed by atoms with Gasteiger partial charge in [-0.25, -0.2) is 4.39 Å². The molecule has 1 atom stereocenters. The fraction of sp³-hybridized carbons (Fsp3) is 0.429. The first-order valence-electron chi connectivity index (χ1n) is 6.30. The third-order valence-electron chi connectivity index (χ3n) is 3.10. The van der Waals surface area contributed by atoms with Crippen molar-refractivity contribution < 1.29 is 4.39 Å². The van der Waals surface area contributed by atoms with E-state index in [0.29, 0.717) is 5.56 Å². The van der Waals surface area contributed by atoms with Crippen LogP contribution in [0.2, 0.25) is 0 Å². The number of nitrogens with one attached hydrogen (secondary N) is 1. The fourth-order valence-corrected chi connectivity index (χ4v) is 3.05. The summed E-state index contributed by atoms with van der Waals surface area (Å²) >= 11 is 1.33. The van der Waals surface area contributed by atoms with Gasteiger partial charge in [-0.1, -0.05) is 36.0 Å². The van der Waals surface area contributed by atoms with Crippen LogP contribution in [0.25, 0.3) is 0 Å². The van der Waals surface area contributed by atoms with E-state index >= 15 is 0 Å². The van der Waals surface area contributed by atoms with E-state index in [9.17, 15) is 4.39 Å². The highest BCUT2D eigenvalue weighted by Crippen LogP contribution is 2.32. The van der Waals surface area contributed by atoms with Gasteiger partial charge in [-0.05, 0) is 37.5 Å². The van der Waals surface area contributed by atoms with Crippen LogP contribution in [0.5, 0.6) is 0 Å². The van der Waals surface area contributed by atoms with E-state index in [1.54, 1.807) is 6.07 Å². The highest BCUT2D eigenvalue weighted by atomic mass is 32.1. The third-order valence-corrected chi connectivity index (χ3v) is 3.91. The molecule has 0 amide bonds. The zero-order valence-corrected chi connectivity index (χ0v) is 12.4. The second-order valence-corrected chi connectivity index (χ2v) is 5.71. The van der Waals surface area contributed by atoms with Crippen molar-refractivity contribution in [2.45, 2.75) is 32.7 Å². The maximum atomic E-state index is 14.1. The van der Waals surface area contributed by atoms with Gasteiger partial charge < -0.3 is 5.32 Å². The molecule has 5 heteroatoms. The van der Waals surface area contributed by atoms with Crippen LogP contribution in [0.1, 0.15) is 47.5 Å². The Morgan fingerprint density at radius 2 is 2.05 bits per heavy atom. The summed E-state index contributed by atoms with van der Waals surface area (Å²) in [5, 5.41) is 7.34. The molecule has 1 aromatic heterocycles. The van der Waals surface area contributed by atoms with Gasteiger partial charge in [-0.2, -0.15) is 0 Å². The number of hydrogen-bond acceptors (Lipinski definition) is 4. The topological polar surface area (TPSA) is 37.8 Å². The summed E-state index contributed by atoms with van der Waals surface area (Å²) in [4.78, 5) is 0.988. The Kier molecular flexibility index (Phi) is 4.27. The van der Waals surface area contributed by atoms with Crippen LogP contribution in [0.3, 0.4) is 0 Å². The maximum absolute atomic E-state index is 14.1. The molecule has 0 spiro atoms. The van der Waals surface area contributed by atoms with E-state index < -0.39 is 0 Å². The van der Waals surface area contributed by atoms with E-state index in [1.807, 2.05) is 20.0 Å². The molecule has 1 unspecified atom stereocenters. The number of halogens is 1. The molecule has 19 heavy (non-hydrogen) atoms. The largest absolute Gasteiger partial charge is 0.308 e. The molecular formula is C14H18FN3S. The molecule has 1 aromatic carbocycles. The lowest BCUT2D eigenvalue weighted by atomic mass is 9.98. The van der Waals surface area contributed by atoms with Crippen molar-refractivity contribution in [1.29, 1.82) is 0 Å². The number of nitrogens with zero attached hydrogens (tertiary/aromatic N) is 2. The Morgan fingerprint density at radius 1 is 1.32 bits per heavy atom. The van der Waals surface area contributed by atoms with Crippen LogP contribution in [0, 0.1) is 12.7 Å². The number of benzene rings is 1. The van der Waals surface area contributed by atoms with E-state index in [0.717, 1.165) is 16.1 Å². The van der Waals surface area contributed by atoms with Crippen molar-refractivity contribution in [3.63, 3.8) is 0 Å². The number of rotatable bonds is 4. The highest BCUT2D eigenvalue weighted by Gasteiger charge is 2.23. The molecule has 3 nitrogen and oxygen atoms in total. The summed E-state index contributed by atoms with van der Waals surface area (Å²) in [7, 11) is 1.83. The maximum Gasteiger partial charge on any atom is 0.128 e. The molecule has 0 aliphatic rings. The molecule has 0 saturated heterocycles. The van der Waals surface area contributed by atoms with Gasteiger partial charge in [-0.3, -0.25) is 0 Å². The normalized spacial score (nSPS) is 12.9. The second kappa shape index (κ2) is 5.75. The van der Waals surface area contributed by atoms with Crippen molar-refractivity contribution in [2.75, 3.05) is 7.05 Å². The molecule has 0 saturated carbocycles. The zero-order valence-electron chi connectivity index (χ0n) is 11.6. The molecule has 0 fully saturated rings. The van der Waals surface area contributed by atoms with Crippen molar-refractivity contribution in [3.05, 3.63) is 45.7 Å². The van der Waals surface area contributed by atoms with Crippen molar-refractivity contribution in [3.8, 4) is 0 Å². The van der Waals surface area contributed by atoms with Crippen molar-refractivity contribution >= 4 is 11.5 Å². The predicted molar refractivity (Wildman–Crippen MR) is 76.0 cm³/mol. The Hall–Kier alpha value is -1.33. The van der Waals surface area contributed by atoms with Gasteiger partial charge in [0.2, 0.25) is 0 Å². The van der Waals surface area contributed by atoms with E-state index in [-0.39, 0.29) is 17.8 Å². The van der Waals surface area contributed by atoms with Crippen LogP contribution < -0.4 is 5.32 Å². The van der Waals surface area contributed by atoms with Gasteiger partial charge in [0.15, 0.2) is 0 Å². The first kappa shape index (κ1) is 14.1. The molecule has 1 heterocycles. The van der Waals surface area contributed by atoms with Crippen LogP contribution in [0.4, 0.5) is 4.39 Å². The molecule has 2 aromatic rings. The standard InChI is InChI=1S/C14H18FN3S/c1-8(2)12-14(19-18-17-12)13(16-4)10-7-9(3)5-6-11(10)15/h5-8,13,16H,1-4H3. The Bertz CT molecular complexity index is 566. The minimum absolute atomic E-state index is 0.197. The minimum atomic E-state index is -0.201. The first-order valence-corrected chi connectivity index (χ1v) is 7.07. The lowest BCUT2D eigenvalue weighted by molar-refractivity contribution is 0.575. The summed E-state index contributed by atoms with van der Waals surface area (Å²) in [6.45, 7) is 6.10. The van der Waals surface area contributed by atoms with Crippen LogP contribution in [-0.2, 0) is 0 Å². The molecule has 0 aliphatic carbocycles. The van der Waals surface area contributed by atoms with Crippen molar-refractivity contribution in [1.82, 2.24) is 14.9 Å². The quantitative estimate of drug-likeness (QED) is 0.932. The molecular weight excluding hydrogens is 261 g/mol. The smallest absolute Gasteiger partial charge is 0.128 e. The van der Waals surface area contributed by atoms with Gasteiger partial charge >= 0.3 is 0 Å². The zero-order chi connectivity index (χ0) is 14.0. The summed E-state index contributed by atoms with van der Waals surface area (Å²) in [6, 6.07) is 4.97. The molecule has 0 bridgehead atoms. The van der Waals surface area contributed by atoms with E-state index in [1.165, 1.54) is 17.6 Å². The van der Waals surface area contributed by atoms with Gasteiger partial charge in [0.1, 0.15) is 5.82 Å².